The fourth-order valence-corrected chi connectivity index (χ4v) is 3.41. The van der Waals surface area contributed by atoms with Crippen LogP contribution in [0.4, 0.5) is 4.79 Å². The molecule has 1 atom stereocenters. The summed E-state index contributed by atoms with van der Waals surface area (Å²) in [5.74, 6) is -0.511. The molecule has 21 heavy (non-hydrogen) atoms. The third-order valence-electron chi connectivity index (χ3n) is 4.64. The van der Waals surface area contributed by atoms with Crippen LogP contribution >= 0.6 is 0 Å². The summed E-state index contributed by atoms with van der Waals surface area (Å²) < 4.78 is 0. The van der Waals surface area contributed by atoms with E-state index in [-0.39, 0.29) is 24.4 Å². The number of aliphatic carboxylic acids is 1. The topological polar surface area (TPSA) is 64.1 Å². The first kappa shape index (κ1) is 16.1. The molecule has 0 bridgehead atoms. The number of likely N-dealkylation sites (tertiary alicyclic amines) is 1. The number of carbonyl (C=O) groups excluding carboxylic acids is 1. The van der Waals surface area contributed by atoms with E-state index in [9.17, 15) is 9.59 Å². The molecule has 1 unspecified atom stereocenters. The number of carboxylic acid groups (broad SMARTS) is 1. The molecule has 1 N–H and O–H groups in total. The highest BCUT2D eigenvalue weighted by molar-refractivity contribution is 5.75. The molecule has 2 heterocycles. The third kappa shape index (κ3) is 4.33. The molecule has 120 valence electrons. The molecule has 0 aromatic rings. The number of carbonyl (C=O) groups is 2. The summed E-state index contributed by atoms with van der Waals surface area (Å²) >= 11 is 0. The molecule has 0 aliphatic carbocycles. The van der Waals surface area contributed by atoms with Gasteiger partial charge in [0.1, 0.15) is 0 Å². The van der Waals surface area contributed by atoms with E-state index in [0.717, 1.165) is 38.9 Å². The zero-order valence-electron chi connectivity index (χ0n) is 13.1. The lowest BCUT2D eigenvalue weighted by Gasteiger charge is -2.37. The van der Waals surface area contributed by atoms with Gasteiger partial charge in [-0.2, -0.15) is 0 Å². The Morgan fingerprint density at radius 3 is 2.43 bits per heavy atom. The molecule has 2 amide bonds. The minimum absolute atomic E-state index is 0.131. The molecule has 0 aromatic heterocycles. The minimum Gasteiger partial charge on any atom is -0.481 e. The molecule has 6 heteroatoms. The largest absolute Gasteiger partial charge is 0.481 e. The van der Waals surface area contributed by atoms with Gasteiger partial charge in [0.2, 0.25) is 0 Å². The van der Waals surface area contributed by atoms with Gasteiger partial charge in [-0.1, -0.05) is 0 Å². The maximum atomic E-state index is 12.7. The standard InChI is InChI=1S/C15H27N3O3/c1-12-11-16(2)6-3-7-18(12)15(21)17-8-4-13(5-9-17)10-14(19)20/h12-13H,3-11H2,1-2H3,(H,19,20). The van der Waals surface area contributed by atoms with Gasteiger partial charge in [-0.25, -0.2) is 4.79 Å². The lowest BCUT2D eigenvalue weighted by atomic mass is 9.94. The number of piperidine rings is 1. The Labute approximate surface area is 126 Å². The maximum Gasteiger partial charge on any atom is 0.320 e. The fourth-order valence-electron chi connectivity index (χ4n) is 3.41. The van der Waals surface area contributed by atoms with E-state index in [1.165, 1.54) is 0 Å². The van der Waals surface area contributed by atoms with E-state index >= 15 is 0 Å². The number of hydrogen-bond acceptors (Lipinski definition) is 3. The molecule has 0 radical (unpaired) electrons. The molecule has 0 saturated carbocycles. The lowest BCUT2D eigenvalue weighted by molar-refractivity contribution is -0.138. The van der Waals surface area contributed by atoms with E-state index in [1.807, 2.05) is 9.80 Å². The Bertz CT molecular complexity index is 380. The summed E-state index contributed by atoms with van der Waals surface area (Å²) in [5.41, 5.74) is 0. The molecule has 0 spiro atoms. The van der Waals surface area contributed by atoms with Crippen LogP contribution in [0.15, 0.2) is 0 Å². The number of carboxylic acids is 1. The lowest BCUT2D eigenvalue weighted by Crippen LogP contribution is -2.51. The van der Waals surface area contributed by atoms with Gasteiger partial charge < -0.3 is 19.8 Å². The van der Waals surface area contributed by atoms with Gasteiger partial charge in [-0.3, -0.25) is 4.79 Å². The van der Waals surface area contributed by atoms with Crippen molar-refractivity contribution in [3.05, 3.63) is 0 Å². The fraction of sp³-hybridized carbons (Fsp3) is 0.867. The molecule has 2 fully saturated rings. The Kier molecular flexibility index (Phi) is 5.45. The molecule has 2 aliphatic heterocycles. The van der Waals surface area contributed by atoms with Crippen molar-refractivity contribution in [2.45, 2.75) is 38.6 Å². The van der Waals surface area contributed by atoms with E-state index in [2.05, 4.69) is 18.9 Å². The number of likely N-dealkylation sites (N-methyl/N-ethyl adjacent to an activating group) is 1. The molecule has 6 nitrogen and oxygen atoms in total. The van der Waals surface area contributed by atoms with E-state index in [1.54, 1.807) is 0 Å². The van der Waals surface area contributed by atoms with Crippen LogP contribution in [0.3, 0.4) is 0 Å². The van der Waals surface area contributed by atoms with Gasteiger partial charge in [-0.05, 0) is 45.7 Å². The van der Waals surface area contributed by atoms with Gasteiger partial charge in [0.25, 0.3) is 0 Å². The summed E-state index contributed by atoms with van der Waals surface area (Å²) in [6.07, 6.45) is 2.86. The van der Waals surface area contributed by atoms with Crippen LogP contribution in [0.5, 0.6) is 0 Å². The van der Waals surface area contributed by atoms with Crippen molar-refractivity contribution in [3.63, 3.8) is 0 Å². The number of nitrogens with zero attached hydrogens (tertiary/aromatic N) is 3. The minimum atomic E-state index is -0.732. The van der Waals surface area contributed by atoms with Gasteiger partial charge in [-0.15, -0.1) is 0 Å². The van der Waals surface area contributed by atoms with Crippen LogP contribution in [0.1, 0.15) is 32.6 Å². The van der Waals surface area contributed by atoms with Gasteiger partial charge in [0.05, 0.1) is 0 Å². The molecular weight excluding hydrogens is 270 g/mol. The average molecular weight is 297 g/mol. The Hall–Kier alpha value is -1.30. The van der Waals surface area contributed by atoms with Crippen molar-refractivity contribution in [2.75, 3.05) is 39.8 Å². The molecule has 2 saturated heterocycles. The first-order chi connectivity index (χ1) is 9.97. The Morgan fingerprint density at radius 1 is 1.14 bits per heavy atom. The maximum absolute atomic E-state index is 12.7. The normalized spacial score (nSPS) is 25.7. The zero-order chi connectivity index (χ0) is 15.4. The summed E-state index contributed by atoms with van der Waals surface area (Å²) in [4.78, 5) is 29.6. The van der Waals surface area contributed by atoms with Crippen LogP contribution in [0.25, 0.3) is 0 Å². The van der Waals surface area contributed by atoms with Crippen molar-refractivity contribution >= 4 is 12.0 Å². The summed E-state index contributed by atoms with van der Waals surface area (Å²) in [7, 11) is 2.10. The predicted octanol–water partition coefficient (Wildman–Crippen LogP) is 1.32. The third-order valence-corrected chi connectivity index (χ3v) is 4.64. The molecule has 2 aliphatic rings. The Morgan fingerprint density at radius 2 is 1.81 bits per heavy atom. The number of amides is 2. The second-order valence-corrected chi connectivity index (χ2v) is 6.47. The average Bonchev–Trinajstić information content (AvgIpc) is 2.59. The van der Waals surface area contributed by atoms with Gasteiger partial charge in [0.15, 0.2) is 0 Å². The zero-order valence-corrected chi connectivity index (χ0v) is 13.1. The van der Waals surface area contributed by atoms with E-state index in [4.69, 9.17) is 5.11 Å². The second-order valence-electron chi connectivity index (χ2n) is 6.47. The smallest absolute Gasteiger partial charge is 0.320 e. The highest BCUT2D eigenvalue weighted by Crippen LogP contribution is 2.22. The first-order valence-electron chi connectivity index (χ1n) is 7.93. The highest BCUT2D eigenvalue weighted by atomic mass is 16.4. The molecule has 2 rings (SSSR count). The van der Waals surface area contributed by atoms with Crippen molar-refractivity contribution in [1.29, 1.82) is 0 Å². The number of rotatable bonds is 2. The predicted molar refractivity (Wildman–Crippen MR) is 80.2 cm³/mol. The van der Waals surface area contributed by atoms with Crippen LogP contribution in [-0.4, -0.2) is 77.6 Å². The quantitative estimate of drug-likeness (QED) is 0.835. The summed E-state index contributed by atoms with van der Waals surface area (Å²) in [5, 5.41) is 8.84. The van der Waals surface area contributed by atoms with Crippen molar-refractivity contribution < 1.29 is 14.7 Å². The van der Waals surface area contributed by atoms with Gasteiger partial charge >= 0.3 is 12.0 Å². The highest BCUT2D eigenvalue weighted by Gasteiger charge is 2.30. The molecule has 0 aromatic carbocycles. The number of urea groups is 1. The van der Waals surface area contributed by atoms with E-state index in [0.29, 0.717) is 13.1 Å². The second kappa shape index (κ2) is 7.11. The SMILES string of the molecule is CC1CN(C)CCCN1C(=O)N1CCC(CC(=O)O)CC1. The van der Waals surface area contributed by atoms with Crippen LogP contribution in [-0.2, 0) is 4.79 Å². The van der Waals surface area contributed by atoms with Crippen molar-refractivity contribution in [1.82, 2.24) is 14.7 Å². The van der Waals surface area contributed by atoms with Crippen LogP contribution in [0, 0.1) is 5.92 Å². The first-order valence-corrected chi connectivity index (χ1v) is 7.93. The summed E-state index contributed by atoms with van der Waals surface area (Å²) in [6.45, 7) is 6.26. The summed E-state index contributed by atoms with van der Waals surface area (Å²) in [6, 6.07) is 0.369. The Balaban J connectivity index is 1.87. The van der Waals surface area contributed by atoms with Crippen LogP contribution < -0.4 is 0 Å². The monoisotopic (exact) mass is 297 g/mol. The molecular formula is C15H27N3O3. The van der Waals surface area contributed by atoms with Crippen molar-refractivity contribution in [3.8, 4) is 0 Å². The van der Waals surface area contributed by atoms with E-state index < -0.39 is 5.97 Å². The number of hydrogen-bond donors (Lipinski definition) is 1. The van der Waals surface area contributed by atoms with Gasteiger partial charge in [0, 0.05) is 38.6 Å². The van der Waals surface area contributed by atoms with Crippen molar-refractivity contribution in [2.24, 2.45) is 5.92 Å². The van der Waals surface area contributed by atoms with Crippen LogP contribution in [0.2, 0.25) is 0 Å².